The molecule has 252 valence electrons. The Balaban J connectivity index is 1.19. The highest BCUT2D eigenvalue weighted by atomic mass is 35.5. The molecule has 3 aliphatic heterocycles. The molecule has 2 atom stereocenters. The summed E-state index contributed by atoms with van der Waals surface area (Å²) >= 11 is 5.99. The molecule has 0 saturated heterocycles. The lowest BCUT2D eigenvalue weighted by atomic mass is 9.86. The van der Waals surface area contributed by atoms with Crippen LogP contribution in [0, 0.1) is 5.82 Å². The topological polar surface area (TPSA) is 130 Å². The van der Waals surface area contributed by atoms with Gasteiger partial charge in [-0.2, -0.15) is 0 Å². The van der Waals surface area contributed by atoms with E-state index in [2.05, 4.69) is 38.7 Å². The number of oxime groups is 1. The number of aromatic carboxylic acids is 1. The van der Waals surface area contributed by atoms with Crippen LogP contribution in [0.2, 0.25) is 5.02 Å². The van der Waals surface area contributed by atoms with E-state index in [1.165, 1.54) is 24.3 Å². The van der Waals surface area contributed by atoms with Crippen molar-refractivity contribution in [1.82, 2.24) is 19.7 Å². The minimum absolute atomic E-state index is 0.0177. The third-order valence-electron chi connectivity index (χ3n) is 9.41. The number of Topliss-reactive ketones (excluding diaryl/α,β-unsaturated/α-hetero) is 1. The van der Waals surface area contributed by atoms with Gasteiger partial charge in [-0.15, -0.1) is 10.2 Å². The van der Waals surface area contributed by atoms with Crippen molar-refractivity contribution in [2.75, 3.05) is 18.0 Å². The third-order valence-corrected chi connectivity index (χ3v) is 9.70. The van der Waals surface area contributed by atoms with E-state index in [1.54, 1.807) is 23.1 Å². The number of carbonyl (C=O) groups excluding carboxylic acids is 2. The zero-order valence-corrected chi connectivity index (χ0v) is 27.7. The van der Waals surface area contributed by atoms with Gasteiger partial charge < -0.3 is 24.3 Å². The van der Waals surface area contributed by atoms with Gasteiger partial charge in [0, 0.05) is 49.6 Å². The first-order valence-corrected chi connectivity index (χ1v) is 16.6. The Bertz CT molecular complexity index is 1990. The summed E-state index contributed by atoms with van der Waals surface area (Å²) in [5.74, 6) is -0.266. The molecule has 3 aromatic carbocycles. The van der Waals surface area contributed by atoms with Crippen LogP contribution in [0.25, 0.3) is 0 Å². The quantitative estimate of drug-likeness (QED) is 0.263. The SMILES string of the molecule is CC(C)c1nnc2n1CCN(c1cccc3c1CCN(C(=O)[C@H]1CC(c4cccc(Cl)c4F)=NO1)[C@@H]3C(=O)Cc1ccc(C(=O)O)cc1)C2. The van der Waals surface area contributed by atoms with Gasteiger partial charge in [0.05, 0.1) is 22.8 Å². The van der Waals surface area contributed by atoms with Crippen molar-refractivity contribution in [3.8, 4) is 0 Å². The van der Waals surface area contributed by atoms with Crippen molar-refractivity contribution in [2.45, 2.75) is 64.3 Å². The number of fused-ring (bicyclic) bond motifs is 2. The highest BCUT2D eigenvalue weighted by Crippen LogP contribution is 2.39. The number of carboxylic acid groups (broad SMARTS) is 1. The molecule has 0 unspecified atom stereocenters. The van der Waals surface area contributed by atoms with E-state index >= 15 is 0 Å². The zero-order chi connectivity index (χ0) is 34.4. The molecule has 11 nitrogen and oxygen atoms in total. The van der Waals surface area contributed by atoms with Gasteiger partial charge in [-0.25, -0.2) is 9.18 Å². The second-order valence-electron chi connectivity index (χ2n) is 12.8. The molecule has 0 spiro atoms. The average molecular weight is 685 g/mol. The van der Waals surface area contributed by atoms with Crippen molar-refractivity contribution in [3.05, 3.63) is 111 Å². The van der Waals surface area contributed by atoms with E-state index < -0.39 is 29.8 Å². The summed E-state index contributed by atoms with van der Waals surface area (Å²) in [7, 11) is 0. The van der Waals surface area contributed by atoms with E-state index in [-0.39, 0.29) is 52.9 Å². The van der Waals surface area contributed by atoms with Crippen molar-refractivity contribution >= 4 is 40.7 Å². The first-order chi connectivity index (χ1) is 23.6. The Kier molecular flexibility index (Phi) is 8.66. The molecule has 1 amide bonds. The maximum Gasteiger partial charge on any atom is 0.335 e. The van der Waals surface area contributed by atoms with Gasteiger partial charge >= 0.3 is 5.97 Å². The summed E-state index contributed by atoms with van der Waals surface area (Å²) in [5.41, 5.74) is 3.84. The third kappa shape index (κ3) is 6.05. The first-order valence-electron chi connectivity index (χ1n) is 16.2. The van der Waals surface area contributed by atoms with Crippen molar-refractivity contribution in [2.24, 2.45) is 5.16 Å². The van der Waals surface area contributed by atoms with Crippen LogP contribution < -0.4 is 4.90 Å². The van der Waals surface area contributed by atoms with Gasteiger partial charge in [-0.05, 0) is 53.4 Å². The number of rotatable bonds is 8. The first kappa shape index (κ1) is 32.4. The summed E-state index contributed by atoms with van der Waals surface area (Å²) in [6, 6.07) is 15.6. The monoisotopic (exact) mass is 684 g/mol. The molecular formula is C36H34ClFN6O5. The number of benzene rings is 3. The van der Waals surface area contributed by atoms with E-state index in [0.29, 0.717) is 18.5 Å². The fourth-order valence-corrected chi connectivity index (χ4v) is 7.16. The van der Waals surface area contributed by atoms with Crippen molar-refractivity contribution in [3.63, 3.8) is 0 Å². The summed E-state index contributed by atoms with van der Waals surface area (Å²) in [6.45, 7) is 6.47. The van der Waals surface area contributed by atoms with Crippen LogP contribution in [0.4, 0.5) is 10.1 Å². The standard InChI is InChI=1S/C36H34ClFN6O5/c1-20(2)34-40-39-31-19-42(15-16-43(31)34)28-8-4-5-24-23(28)13-14-44(33(24)29(45)17-21-9-11-22(12-10-21)36(47)48)35(46)30-18-27(41-49-30)25-6-3-7-26(37)32(25)38/h3-12,20,30,33H,13-19H2,1-2H3,(H,47,48)/t30-,33+/m1/s1. The van der Waals surface area contributed by atoms with Crippen LogP contribution in [-0.4, -0.2) is 67.3 Å². The molecule has 0 bridgehead atoms. The molecule has 49 heavy (non-hydrogen) atoms. The molecule has 1 aromatic heterocycles. The molecule has 4 heterocycles. The molecule has 0 aliphatic carbocycles. The molecule has 0 fully saturated rings. The molecule has 0 saturated carbocycles. The van der Waals surface area contributed by atoms with Gasteiger partial charge in [-0.1, -0.05) is 60.9 Å². The van der Waals surface area contributed by atoms with Gasteiger partial charge in [-0.3, -0.25) is 9.59 Å². The van der Waals surface area contributed by atoms with Crippen LogP contribution in [0.5, 0.6) is 0 Å². The van der Waals surface area contributed by atoms with Gasteiger partial charge in [0.25, 0.3) is 5.91 Å². The Hall–Kier alpha value is -5.10. The van der Waals surface area contributed by atoms with Crippen LogP contribution >= 0.6 is 11.6 Å². The number of carboxylic acids is 1. The molecule has 4 aromatic rings. The summed E-state index contributed by atoms with van der Waals surface area (Å²) in [4.78, 5) is 49.2. The maximum absolute atomic E-state index is 14.8. The summed E-state index contributed by atoms with van der Waals surface area (Å²) in [5, 5.41) is 22.2. The van der Waals surface area contributed by atoms with Crippen LogP contribution in [-0.2, 0) is 40.4 Å². The average Bonchev–Trinajstić information content (AvgIpc) is 3.76. The van der Waals surface area contributed by atoms with Gasteiger partial charge in [0.1, 0.15) is 11.9 Å². The van der Waals surface area contributed by atoms with Crippen molar-refractivity contribution < 1.29 is 28.7 Å². The highest BCUT2D eigenvalue weighted by molar-refractivity contribution is 6.31. The number of anilines is 1. The Morgan fingerprint density at radius 1 is 1.02 bits per heavy atom. The maximum atomic E-state index is 14.8. The minimum atomic E-state index is -1.06. The fourth-order valence-electron chi connectivity index (χ4n) is 6.99. The molecule has 7 rings (SSSR count). The lowest BCUT2D eigenvalue weighted by Gasteiger charge is -2.40. The molecule has 13 heteroatoms. The number of ketones is 1. The van der Waals surface area contributed by atoms with Crippen LogP contribution in [0.15, 0.2) is 65.8 Å². The van der Waals surface area contributed by atoms with Gasteiger partial charge in [0.2, 0.25) is 6.10 Å². The van der Waals surface area contributed by atoms with E-state index in [1.807, 2.05) is 18.2 Å². The number of amides is 1. The number of nitrogens with zero attached hydrogens (tertiary/aromatic N) is 6. The number of halogens is 2. The lowest BCUT2D eigenvalue weighted by Crippen LogP contribution is -2.48. The van der Waals surface area contributed by atoms with E-state index in [4.69, 9.17) is 16.4 Å². The second kappa shape index (κ2) is 13.1. The van der Waals surface area contributed by atoms with Crippen LogP contribution in [0.3, 0.4) is 0 Å². The fraction of sp³-hybridized carbons (Fsp3) is 0.333. The predicted octanol–water partition coefficient (Wildman–Crippen LogP) is 5.34. The number of hydrogen-bond donors (Lipinski definition) is 1. The molecule has 0 radical (unpaired) electrons. The van der Waals surface area contributed by atoms with E-state index in [0.717, 1.165) is 41.6 Å². The smallest absolute Gasteiger partial charge is 0.335 e. The largest absolute Gasteiger partial charge is 0.478 e. The van der Waals surface area contributed by atoms with E-state index in [9.17, 15) is 23.9 Å². The van der Waals surface area contributed by atoms with Gasteiger partial charge in [0.15, 0.2) is 17.4 Å². The molecule has 3 aliphatic rings. The second-order valence-corrected chi connectivity index (χ2v) is 13.2. The predicted molar refractivity (Wildman–Crippen MR) is 179 cm³/mol. The molecular weight excluding hydrogens is 651 g/mol. The number of hydrogen-bond acceptors (Lipinski definition) is 8. The zero-order valence-electron chi connectivity index (χ0n) is 27.0. The normalized spacial score (nSPS) is 18.5. The summed E-state index contributed by atoms with van der Waals surface area (Å²) < 4.78 is 17.0. The van der Waals surface area contributed by atoms with Crippen LogP contribution in [0.1, 0.15) is 76.5 Å². The number of aromatic nitrogens is 3. The Morgan fingerprint density at radius 2 is 1.80 bits per heavy atom. The number of carbonyl (C=O) groups is 3. The van der Waals surface area contributed by atoms with Crippen molar-refractivity contribution in [1.29, 1.82) is 0 Å². The summed E-state index contributed by atoms with van der Waals surface area (Å²) in [6.07, 6.45) is -0.557. The minimum Gasteiger partial charge on any atom is -0.478 e. The Morgan fingerprint density at radius 3 is 2.55 bits per heavy atom. The molecule has 1 N–H and O–H groups in total. The lowest BCUT2D eigenvalue weighted by molar-refractivity contribution is -0.149. The highest BCUT2D eigenvalue weighted by Gasteiger charge is 2.42. The Labute approximate surface area is 286 Å².